The van der Waals surface area contributed by atoms with E-state index < -0.39 is 0 Å². The number of nitrogens with one attached hydrogen (secondary N) is 1. The van der Waals surface area contributed by atoms with Crippen molar-refractivity contribution in [2.24, 2.45) is 5.92 Å². The van der Waals surface area contributed by atoms with Gasteiger partial charge in [-0.3, -0.25) is 9.69 Å². The predicted octanol–water partition coefficient (Wildman–Crippen LogP) is 3.89. The van der Waals surface area contributed by atoms with Gasteiger partial charge in [0.15, 0.2) is 0 Å². The van der Waals surface area contributed by atoms with E-state index in [4.69, 9.17) is 0 Å². The van der Waals surface area contributed by atoms with Crippen LogP contribution in [0.15, 0.2) is 28.7 Å². The summed E-state index contributed by atoms with van der Waals surface area (Å²) in [6, 6.07) is 8.97. The highest BCUT2D eigenvalue weighted by atomic mass is 79.9. The van der Waals surface area contributed by atoms with Crippen molar-refractivity contribution < 1.29 is 4.79 Å². The first kappa shape index (κ1) is 23.7. The van der Waals surface area contributed by atoms with Crippen molar-refractivity contribution >= 4 is 46.7 Å². The van der Waals surface area contributed by atoms with Crippen LogP contribution in [-0.2, 0) is 4.79 Å². The van der Waals surface area contributed by atoms with E-state index in [9.17, 15) is 4.79 Å². The van der Waals surface area contributed by atoms with Crippen LogP contribution in [0.1, 0.15) is 37.8 Å². The first-order chi connectivity index (χ1) is 11.6. The van der Waals surface area contributed by atoms with Crippen molar-refractivity contribution in [1.82, 2.24) is 15.1 Å². The number of benzene rings is 1. The molecule has 148 valence electrons. The average Bonchev–Trinajstić information content (AvgIpc) is 3.13. The van der Waals surface area contributed by atoms with Crippen molar-refractivity contribution in [3.05, 3.63) is 34.3 Å². The lowest BCUT2D eigenvalue weighted by Gasteiger charge is -2.38. The molecule has 2 atom stereocenters. The van der Waals surface area contributed by atoms with Crippen LogP contribution in [0, 0.1) is 5.92 Å². The number of hydrogen-bond donors (Lipinski definition) is 1. The first-order valence-electron chi connectivity index (χ1n) is 9.11. The van der Waals surface area contributed by atoms with E-state index in [0.717, 1.165) is 50.2 Å². The van der Waals surface area contributed by atoms with Gasteiger partial charge in [0, 0.05) is 43.1 Å². The number of piperazine rings is 1. The molecule has 2 aliphatic rings. The van der Waals surface area contributed by atoms with Crippen molar-refractivity contribution in [3.8, 4) is 0 Å². The fourth-order valence-electron chi connectivity index (χ4n) is 3.76. The minimum absolute atomic E-state index is 0. The second-order valence-electron chi connectivity index (χ2n) is 7.04. The minimum Gasteiger partial charge on any atom is -0.340 e. The molecule has 1 N–H and O–H groups in total. The molecule has 0 spiro atoms. The molecule has 0 aromatic heterocycles. The van der Waals surface area contributed by atoms with Crippen LogP contribution in [0.2, 0.25) is 0 Å². The lowest BCUT2D eigenvalue weighted by atomic mass is 10.0. The molecule has 0 saturated carbocycles. The molecule has 1 amide bonds. The van der Waals surface area contributed by atoms with E-state index in [1.807, 2.05) is 0 Å². The predicted molar refractivity (Wildman–Crippen MR) is 115 cm³/mol. The molecule has 0 radical (unpaired) electrons. The van der Waals surface area contributed by atoms with Gasteiger partial charge < -0.3 is 10.2 Å². The highest BCUT2D eigenvalue weighted by Crippen LogP contribution is 2.24. The number of rotatable bonds is 5. The van der Waals surface area contributed by atoms with Gasteiger partial charge >= 0.3 is 0 Å². The molecule has 2 heterocycles. The van der Waals surface area contributed by atoms with E-state index >= 15 is 0 Å². The van der Waals surface area contributed by atoms with Gasteiger partial charge in [-0.2, -0.15) is 0 Å². The number of hydrogen-bond acceptors (Lipinski definition) is 3. The lowest BCUT2D eigenvalue weighted by molar-refractivity contribution is -0.133. The largest absolute Gasteiger partial charge is 0.340 e. The third kappa shape index (κ3) is 6.38. The fourth-order valence-corrected chi connectivity index (χ4v) is 4.02. The van der Waals surface area contributed by atoms with Crippen molar-refractivity contribution in [1.29, 1.82) is 0 Å². The molecule has 0 bridgehead atoms. The Morgan fingerprint density at radius 2 is 1.85 bits per heavy atom. The van der Waals surface area contributed by atoms with Crippen LogP contribution >= 0.6 is 40.7 Å². The van der Waals surface area contributed by atoms with Gasteiger partial charge in [-0.25, -0.2) is 0 Å². The van der Waals surface area contributed by atoms with Gasteiger partial charge in [0.2, 0.25) is 5.91 Å². The van der Waals surface area contributed by atoms with Gasteiger partial charge in [-0.15, -0.1) is 24.8 Å². The molecule has 2 unspecified atom stereocenters. The molecule has 3 rings (SSSR count). The van der Waals surface area contributed by atoms with E-state index in [1.54, 1.807) is 0 Å². The zero-order chi connectivity index (χ0) is 16.9. The van der Waals surface area contributed by atoms with E-state index in [0.29, 0.717) is 24.3 Å². The molecule has 2 fully saturated rings. The molecule has 1 aromatic carbocycles. The zero-order valence-electron chi connectivity index (χ0n) is 15.3. The maximum atomic E-state index is 12.4. The summed E-state index contributed by atoms with van der Waals surface area (Å²) in [7, 11) is 0. The zero-order valence-corrected chi connectivity index (χ0v) is 18.5. The van der Waals surface area contributed by atoms with Crippen molar-refractivity contribution in [2.75, 3.05) is 39.3 Å². The van der Waals surface area contributed by atoms with Gasteiger partial charge in [0.1, 0.15) is 0 Å². The van der Waals surface area contributed by atoms with E-state index in [1.165, 1.54) is 12.0 Å². The van der Waals surface area contributed by atoms with Crippen molar-refractivity contribution in [3.63, 3.8) is 0 Å². The molecule has 0 aliphatic carbocycles. The number of nitrogens with zero attached hydrogens (tertiary/aromatic N) is 2. The molecule has 2 aliphatic heterocycles. The fraction of sp³-hybridized carbons (Fsp3) is 0.632. The Bertz CT molecular complexity index is 544. The number of halogens is 3. The molecule has 4 nitrogen and oxygen atoms in total. The van der Waals surface area contributed by atoms with Gasteiger partial charge in [0.05, 0.1) is 0 Å². The Morgan fingerprint density at radius 1 is 1.19 bits per heavy atom. The molecule has 26 heavy (non-hydrogen) atoms. The second-order valence-corrected chi connectivity index (χ2v) is 7.96. The van der Waals surface area contributed by atoms with E-state index in [-0.39, 0.29) is 24.8 Å². The number of carbonyl (C=O) groups is 1. The maximum absolute atomic E-state index is 12.4. The van der Waals surface area contributed by atoms with Gasteiger partial charge in [-0.05, 0) is 56.5 Å². The van der Waals surface area contributed by atoms with Crippen LogP contribution in [0.25, 0.3) is 0 Å². The Kier molecular flexibility index (Phi) is 10.5. The summed E-state index contributed by atoms with van der Waals surface area (Å²) in [5.41, 5.74) is 1.34. The Hall–Kier alpha value is -0.330. The monoisotopic (exact) mass is 465 g/mol. The van der Waals surface area contributed by atoms with Crippen LogP contribution in [0.3, 0.4) is 0 Å². The Labute approximate surface area is 178 Å². The average molecular weight is 467 g/mol. The van der Waals surface area contributed by atoms with Crippen LogP contribution in [0.5, 0.6) is 0 Å². The third-order valence-corrected chi connectivity index (χ3v) is 6.02. The van der Waals surface area contributed by atoms with Gasteiger partial charge in [0.25, 0.3) is 0 Å². The molecule has 1 aromatic rings. The third-order valence-electron chi connectivity index (χ3n) is 5.50. The normalized spacial score (nSPS) is 21.6. The second kappa shape index (κ2) is 11.5. The smallest absolute Gasteiger partial charge is 0.222 e. The van der Waals surface area contributed by atoms with Crippen molar-refractivity contribution in [2.45, 2.75) is 32.2 Å². The summed E-state index contributed by atoms with van der Waals surface area (Å²) < 4.78 is 1.12. The lowest BCUT2D eigenvalue weighted by Crippen LogP contribution is -2.49. The first-order valence-corrected chi connectivity index (χ1v) is 9.91. The molecular formula is C19H30BrCl2N3O. The van der Waals surface area contributed by atoms with E-state index in [2.05, 4.69) is 62.2 Å². The summed E-state index contributed by atoms with van der Waals surface area (Å²) in [6.45, 7) is 8.12. The summed E-state index contributed by atoms with van der Waals surface area (Å²) in [4.78, 5) is 17.0. The van der Waals surface area contributed by atoms with Crippen LogP contribution in [0.4, 0.5) is 0 Å². The highest BCUT2D eigenvalue weighted by molar-refractivity contribution is 9.10. The summed E-state index contributed by atoms with van der Waals surface area (Å²) in [6.07, 6.45) is 2.99. The summed E-state index contributed by atoms with van der Waals surface area (Å²) in [5, 5.41) is 3.38. The SMILES string of the molecule is CC(c1ccc(Br)cc1)N1CCN(C(=O)CCC2CCNC2)CC1.Cl.Cl. The standard InChI is InChI=1S/C19H28BrN3O.2ClH/c1-15(17-3-5-18(20)6-4-17)22-10-12-23(13-11-22)19(24)7-2-16-8-9-21-14-16;;/h3-6,15-16,21H,2,7-14H2,1H3;2*1H. The van der Waals surface area contributed by atoms with Crippen LogP contribution < -0.4 is 5.32 Å². The molecular weight excluding hydrogens is 437 g/mol. The van der Waals surface area contributed by atoms with Gasteiger partial charge in [-0.1, -0.05) is 28.1 Å². The Balaban J connectivity index is 0.00000169. The number of carbonyl (C=O) groups excluding carboxylic acids is 1. The maximum Gasteiger partial charge on any atom is 0.222 e. The molecule has 2 saturated heterocycles. The quantitative estimate of drug-likeness (QED) is 0.714. The summed E-state index contributed by atoms with van der Waals surface area (Å²) >= 11 is 3.49. The highest BCUT2D eigenvalue weighted by Gasteiger charge is 2.25. The molecule has 7 heteroatoms. The van der Waals surface area contributed by atoms with Crippen LogP contribution in [-0.4, -0.2) is 55.0 Å². The minimum atomic E-state index is 0. The number of amides is 1. The topological polar surface area (TPSA) is 35.6 Å². The Morgan fingerprint density at radius 3 is 2.42 bits per heavy atom. The summed E-state index contributed by atoms with van der Waals surface area (Å²) in [5.74, 6) is 1.05.